The Labute approximate surface area is 188 Å². The molecule has 0 spiro atoms. The molecule has 4 rings (SSSR count). The van der Waals surface area contributed by atoms with Gasteiger partial charge in [0.25, 0.3) is 11.8 Å². The SMILES string of the molecule is Cc1c(Cl)cccc1N1C(=O)/C(=C/c2cccn2-c2ccc(Cl)cc2)C(=O)NC1=S. The number of hydrogen-bond donors (Lipinski definition) is 1. The number of aromatic nitrogens is 1. The second kappa shape index (κ2) is 8.07. The standard InChI is InChI=1S/C22H15Cl2N3O2S/c1-13-18(24)5-2-6-19(13)27-21(29)17(20(28)25-22(27)30)12-16-4-3-11-26(16)15-9-7-14(23)8-10-15/h2-12H,1H3,(H,25,28,30)/b17-12+. The number of carbonyl (C=O) groups is 2. The maximum absolute atomic E-state index is 13.3. The molecule has 0 radical (unpaired) electrons. The van der Waals surface area contributed by atoms with E-state index in [-0.39, 0.29) is 10.7 Å². The number of thiocarbonyl (C=S) groups is 1. The van der Waals surface area contributed by atoms with Gasteiger partial charge in [-0.1, -0.05) is 29.3 Å². The number of benzene rings is 2. The van der Waals surface area contributed by atoms with Crippen molar-refractivity contribution in [1.29, 1.82) is 0 Å². The molecular formula is C22H15Cl2N3O2S. The van der Waals surface area contributed by atoms with Gasteiger partial charge < -0.3 is 4.57 Å². The van der Waals surface area contributed by atoms with Gasteiger partial charge in [-0.3, -0.25) is 19.8 Å². The predicted octanol–water partition coefficient (Wildman–Crippen LogP) is 4.92. The predicted molar refractivity (Wildman–Crippen MR) is 123 cm³/mol. The molecule has 5 nitrogen and oxygen atoms in total. The lowest BCUT2D eigenvalue weighted by atomic mass is 10.1. The van der Waals surface area contributed by atoms with Gasteiger partial charge in [0.1, 0.15) is 5.57 Å². The zero-order valence-corrected chi connectivity index (χ0v) is 18.1. The minimum atomic E-state index is -0.551. The molecule has 1 fully saturated rings. The first kappa shape index (κ1) is 20.3. The topological polar surface area (TPSA) is 54.3 Å². The van der Waals surface area contributed by atoms with Gasteiger partial charge in [0.2, 0.25) is 0 Å². The van der Waals surface area contributed by atoms with Crippen molar-refractivity contribution in [3.63, 3.8) is 0 Å². The van der Waals surface area contributed by atoms with Crippen LogP contribution in [0.1, 0.15) is 11.3 Å². The van der Waals surface area contributed by atoms with Gasteiger partial charge in [-0.15, -0.1) is 0 Å². The quantitative estimate of drug-likeness (QED) is 0.346. The lowest BCUT2D eigenvalue weighted by molar-refractivity contribution is -0.122. The Balaban J connectivity index is 1.77. The number of carbonyl (C=O) groups excluding carboxylic acids is 2. The molecule has 8 heteroatoms. The number of hydrogen-bond acceptors (Lipinski definition) is 3. The molecule has 2 heterocycles. The molecule has 0 bridgehead atoms. The van der Waals surface area contributed by atoms with Crippen molar-refractivity contribution in [2.45, 2.75) is 6.92 Å². The Morgan fingerprint density at radius 2 is 1.73 bits per heavy atom. The second-order valence-corrected chi connectivity index (χ2v) is 7.85. The summed E-state index contributed by atoms with van der Waals surface area (Å²) in [6, 6.07) is 16.1. The van der Waals surface area contributed by atoms with E-state index in [1.54, 1.807) is 43.3 Å². The summed E-state index contributed by atoms with van der Waals surface area (Å²) >= 11 is 17.5. The molecule has 1 aromatic heterocycles. The van der Waals surface area contributed by atoms with E-state index in [1.165, 1.54) is 4.90 Å². The van der Waals surface area contributed by atoms with Gasteiger partial charge in [0, 0.05) is 27.6 Å². The van der Waals surface area contributed by atoms with E-state index in [0.717, 1.165) is 5.69 Å². The van der Waals surface area contributed by atoms with Gasteiger partial charge in [0.15, 0.2) is 5.11 Å². The first-order valence-electron chi connectivity index (χ1n) is 8.96. The molecule has 0 saturated carbocycles. The van der Waals surface area contributed by atoms with Crippen molar-refractivity contribution in [2.24, 2.45) is 0 Å². The van der Waals surface area contributed by atoms with Crippen LogP contribution in [-0.4, -0.2) is 21.5 Å². The van der Waals surface area contributed by atoms with Crippen LogP contribution in [0.2, 0.25) is 10.0 Å². The van der Waals surface area contributed by atoms with E-state index in [0.29, 0.717) is 27.0 Å². The summed E-state index contributed by atoms with van der Waals surface area (Å²) in [7, 11) is 0. The molecule has 1 N–H and O–H groups in total. The average molecular weight is 456 g/mol. The highest BCUT2D eigenvalue weighted by molar-refractivity contribution is 7.80. The highest BCUT2D eigenvalue weighted by atomic mass is 35.5. The number of amides is 2. The molecular weight excluding hydrogens is 441 g/mol. The molecule has 30 heavy (non-hydrogen) atoms. The van der Waals surface area contributed by atoms with E-state index in [9.17, 15) is 9.59 Å². The van der Waals surface area contributed by atoms with E-state index in [4.69, 9.17) is 35.4 Å². The molecule has 0 aliphatic carbocycles. The van der Waals surface area contributed by atoms with E-state index < -0.39 is 11.8 Å². The molecule has 1 saturated heterocycles. The summed E-state index contributed by atoms with van der Waals surface area (Å²) in [6.45, 7) is 1.79. The third kappa shape index (κ3) is 3.65. The number of halogens is 2. The van der Waals surface area contributed by atoms with Gasteiger partial charge in [-0.2, -0.15) is 0 Å². The number of nitrogens with zero attached hydrogens (tertiary/aromatic N) is 2. The van der Waals surface area contributed by atoms with Crippen molar-refractivity contribution < 1.29 is 9.59 Å². The highest BCUT2D eigenvalue weighted by Crippen LogP contribution is 2.30. The Bertz CT molecular complexity index is 1220. The zero-order chi connectivity index (χ0) is 21.4. The molecule has 3 aromatic rings. The van der Waals surface area contributed by atoms with Crippen LogP contribution >= 0.6 is 35.4 Å². The summed E-state index contributed by atoms with van der Waals surface area (Å²) in [5.41, 5.74) is 2.69. The van der Waals surface area contributed by atoms with Crippen LogP contribution < -0.4 is 10.2 Å². The van der Waals surface area contributed by atoms with Crippen LogP contribution in [0.25, 0.3) is 11.8 Å². The van der Waals surface area contributed by atoms with Crippen molar-refractivity contribution in [2.75, 3.05) is 4.90 Å². The average Bonchev–Trinajstić information content (AvgIpc) is 3.17. The maximum Gasteiger partial charge on any atom is 0.270 e. The van der Waals surface area contributed by atoms with Gasteiger partial charge in [-0.05, 0) is 79.3 Å². The van der Waals surface area contributed by atoms with Crippen molar-refractivity contribution in [1.82, 2.24) is 9.88 Å². The van der Waals surface area contributed by atoms with E-state index in [2.05, 4.69) is 5.32 Å². The molecule has 150 valence electrons. The normalized spacial score (nSPS) is 15.6. The van der Waals surface area contributed by atoms with Crippen LogP contribution in [0.4, 0.5) is 5.69 Å². The summed E-state index contributed by atoms with van der Waals surface area (Å²) in [4.78, 5) is 27.2. The fourth-order valence-electron chi connectivity index (χ4n) is 3.21. The molecule has 1 aliphatic rings. The first-order valence-corrected chi connectivity index (χ1v) is 10.1. The van der Waals surface area contributed by atoms with Crippen LogP contribution in [0, 0.1) is 6.92 Å². The summed E-state index contributed by atoms with van der Waals surface area (Å²) in [6.07, 6.45) is 3.38. The molecule has 1 aliphatic heterocycles. The van der Waals surface area contributed by atoms with Gasteiger partial charge >= 0.3 is 0 Å². The lowest BCUT2D eigenvalue weighted by Gasteiger charge is -2.30. The van der Waals surface area contributed by atoms with E-state index in [1.807, 2.05) is 35.0 Å². The fourth-order valence-corrected chi connectivity index (χ4v) is 3.78. The summed E-state index contributed by atoms with van der Waals surface area (Å²) in [5.74, 6) is -1.07. The van der Waals surface area contributed by atoms with Crippen molar-refractivity contribution in [3.05, 3.63) is 87.7 Å². The molecule has 0 atom stereocenters. The van der Waals surface area contributed by atoms with Crippen molar-refractivity contribution in [3.8, 4) is 5.69 Å². The number of anilines is 1. The molecule has 0 unspecified atom stereocenters. The fraction of sp³-hybridized carbons (Fsp3) is 0.0455. The third-order valence-electron chi connectivity index (χ3n) is 4.76. The Morgan fingerprint density at radius 1 is 1.00 bits per heavy atom. The summed E-state index contributed by atoms with van der Waals surface area (Å²) < 4.78 is 1.85. The number of rotatable bonds is 3. The van der Waals surface area contributed by atoms with Crippen molar-refractivity contribution >= 4 is 64.1 Å². The number of nitrogens with one attached hydrogen (secondary N) is 1. The summed E-state index contributed by atoms with van der Waals surface area (Å²) in [5, 5.41) is 3.73. The Kier molecular flexibility index (Phi) is 5.47. The van der Waals surface area contributed by atoms with Crippen LogP contribution in [0.5, 0.6) is 0 Å². The van der Waals surface area contributed by atoms with Crippen LogP contribution in [0.15, 0.2) is 66.4 Å². The minimum Gasteiger partial charge on any atom is -0.317 e. The van der Waals surface area contributed by atoms with Crippen LogP contribution in [-0.2, 0) is 9.59 Å². The first-order chi connectivity index (χ1) is 14.4. The smallest absolute Gasteiger partial charge is 0.270 e. The van der Waals surface area contributed by atoms with Gasteiger partial charge in [0.05, 0.1) is 5.69 Å². The monoisotopic (exact) mass is 455 g/mol. The largest absolute Gasteiger partial charge is 0.317 e. The van der Waals surface area contributed by atoms with E-state index >= 15 is 0 Å². The lowest BCUT2D eigenvalue weighted by Crippen LogP contribution is -2.54. The van der Waals surface area contributed by atoms with Gasteiger partial charge in [-0.25, -0.2) is 0 Å². The third-order valence-corrected chi connectivity index (χ3v) is 5.71. The highest BCUT2D eigenvalue weighted by Gasteiger charge is 2.35. The Hall–Kier alpha value is -2.93. The molecule has 2 aromatic carbocycles. The Morgan fingerprint density at radius 3 is 2.47 bits per heavy atom. The molecule has 2 amide bonds. The zero-order valence-electron chi connectivity index (χ0n) is 15.7. The maximum atomic E-state index is 13.3. The second-order valence-electron chi connectivity index (χ2n) is 6.62. The minimum absolute atomic E-state index is 0.0144. The van der Waals surface area contributed by atoms with Crippen LogP contribution in [0.3, 0.4) is 0 Å².